The van der Waals surface area contributed by atoms with Gasteiger partial charge in [0, 0.05) is 18.8 Å². The van der Waals surface area contributed by atoms with E-state index in [1.165, 1.54) is 0 Å². The Balaban J connectivity index is 2.14. The number of nitrogens with one attached hydrogen (secondary N) is 1. The van der Waals surface area contributed by atoms with Gasteiger partial charge in [-0.25, -0.2) is 0 Å². The number of pyridine rings is 1. The van der Waals surface area contributed by atoms with Gasteiger partial charge >= 0.3 is 0 Å². The van der Waals surface area contributed by atoms with E-state index in [0.717, 1.165) is 12.8 Å². The van der Waals surface area contributed by atoms with Crippen molar-refractivity contribution >= 4 is 11.6 Å². The summed E-state index contributed by atoms with van der Waals surface area (Å²) in [6.07, 6.45) is 3.21. The molecule has 3 N–H and O–H groups in total. The minimum Gasteiger partial charge on any atom is -0.397 e. The van der Waals surface area contributed by atoms with Gasteiger partial charge in [-0.2, -0.15) is 0 Å². The van der Waals surface area contributed by atoms with E-state index in [-0.39, 0.29) is 11.4 Å². The number of hydrogen-bond donors (Lipinski definition) is 2. The summed E-state index contributed by atoms with van der Waals surface area (Å²) in [6, 6.07) is 1.67. The summed E-state index contributed by atoms with van der Waals surface area (Å²) in [6.45, 7) is 5.22. The minimum atomic E-state index is -0.202. The average Bonchev–Trinajstić information content (AvgIpc) is 2.32. The number of nitrogens with zero attached hydrogens (tertiary/aromatic N) is 1. The van der Waals surface area contributed by atoms with Crippen LogP contribution in [-0.2, 0) is 4.74 Å². The normalized spacial score (nSPS) is 18.3. The van der Waals surface area contributed by atoms with Gasteiger partial charge in [0.1, 0.15) is 0 Å². The Morgan fingerprint density at radius 2 is 2.17 bits per heavy atom. The lowest BCUT2D eigenvalue weighted by atomic mass is 9.92. The number of carbonyl (C=O) groups excluding carboxylic acids is 1. The van der Waals surface area contributed by atoms with Gasteiger partial charge in [-0.05, 0) is 32.8 Å². The first-order valence-electron chi connectivity index (χ1n) is 6.13. The maximum Gasteiger partial charge on any atom is 0.253 e. The fourth-order valence-corrected chi connectivity index (χ4v) is 2.07. The largest absolute Gasteiger partial charge is 0.397 e. The van der Waals surface area contributed by atoms with Crippen LogP contribution in [0.1, 0.15) is 35.8 Å². The lowest BCUT2D eigenvalue weighted by molar-refractivity contribution is 0.0422. The van der Waals surface area contributed by atoms with Crippen LogP contribution < -0.4 is 11.1 Å². The number of aryl methyl sites for hydroxylation is 1. The molecule has 0 bridgehead atoms. The Bertz CT molecular complexity index is 454. The van der Waals surface area contributed by atoms with Crippen molar-refractivity contribution in [1.82, 2.24) is 10.3 Å². The second kappa shape index (κ2) is 4.94. The molecular formula is C13H19N3O2. The fourth-order valence-electron chi connectivity index (χ4n) is 2.07. The molecule has 2 heterocycles. The number of nitrogen functional groups attached to an aromatic ring is 1. The molecule has 1 aliphatic heterocycles. The van der Waals surface area contributed by atoms with Crippen molar-refractivity contribution < 1.29 is 9.53 Å². The van der Waals surface area contributed by atoms with Gasteiger partial charge in [-0.1, -0.05) is 0 Å². The SMILES string of the molecule is Cc1ncc(N)cc1C(=O)NC1(C)CCOCC1. The molecule has 5 nitrogen and oxygen atoms in total. The Morgan fingerprint density at radius 3 is 2.83 bits per heavy atom. The van der Waals surface area contributed by atoms with E-state index in [9.17, 15) is 4.79 Å². The van der Waals surface area contributed by atoms with Crippen LogP contribution in [0.15, 0.2) is 12.3 Å². The van der Waals surface area contributed by atoms with E-state index in [0.29, 0.717) is 30.2 Å². The molecule has 0 aliphatic carbocycles. The quantitative estimate of drug-likeness (QED) is 0.827. The molecule has 0 saturated carbocycles. The van der Waals surface area contributed by atoms with Crippen molar-refractivity contribution in [2.75, 3.05) is 18.9 Å². The van der Waals surface area contributed by atoms with Crippen LogP contribution >= 0.6 is 0 Å². The Kier molecular flexibility index (Phi) is 3.52. The first kappa shape index (κ1) is 12.8. The van der Waals surface area contributed by atoms with Gasteiger partial charge in [0.2, 0.25) is 0 Å². The molecule has 98 valence electrons. The van der Waals surface area contributed by atoms with Gasteiger partial charge in [0.25, 0.3) is 5.91 Å². The van der Waals surface area contributed by atoms with E-state index in [2.05, 4.69) is 10.3 Å². The number of rotatable bonds is 2. The summed E-state index contributed by atoms with van der Waals surface area (Å²) in [5.41, 5.74) is 7.21. The summed E-state index contributed by atoms with van der Waals surface area (Å²) < 4.78 is 5.31. The molecule has 0 aromatic carbocycles. The Hall–Kier alpha value is -1.62. The van der Waals surface area contributed by atoms with Crippen LogP contribution in [-0.4, -0.2) is 29.6 Å². The maximum atomic E-state index is 12.2. The number of anilines is 1. The molecule has 1 aromatic rings. The summed E-state index contributed by atoms with van der Waals surface area (Å²) in [5.74, 6) is -0.114. The van der Waals surface area contributed by atoms with Crippen molar-refractivity contribution in [2.45, 2.75) is 32.2 Å². The van der Waals surface area contributed by atoms with E-state index < -0.39 is 0 Å². The molecule has 1 fully saturated rings. The third-order valence-electron chi connectivity index (χ3n) is 3.36. The molecule has 1 saturated heterocycles. The lowest BCUT2D eigenvalue weighted by Gasteiger charge is -2.34. The van der Waals surface area contributed by atoms with Gasteiger partial charge in [-0.3, -0.25) is 9.78 Å². The van der Waals surface area contributed by atoms with Crippen molar-refractivity contribution in [3.05, 3.63) is 23.5 Å². The van der Waals surface area contributed by atoms with E-state index in [1.807, 2.05) is 6.92 Å². The zero-order chi connectivity index (χ0) is 13.2. The molecule has 18 heavy (non-hydrogen) atoms. The van der Waals surface area contributed by atoms with Crippen molar-refractivity contribution in [1.29, 1.82) is 0 Å². The van der Waals surface area contributed by atoms with Crippen LogP contribution in [0, 0.1) is 6.92 Å². The highest BCUT2D eigenvalue weighted by Crippen LogP contribution is 2.21. The molecule has 2 rings (SSSR count). The zero-order valence-electron chi connectivity index (χ0n) is 10.8. The molecule has 0 atom stereocenters. The van der Waals surface area contributed by atoms with Crippen LogP contribution in [0.3, 0.4) is 0 Å². The number of aromatic nitrogens is 1. The summed E-state index contributed by atoms with van der Waals surface area (Å²) in [5, 5.41) is 3.07. The van der Waals surface area contributed by atoms with Gasteiger partial charge in [0.05, 0.1) is 23.1 Å². The molecule has 5 heteroatoms. The third-order valence-corrected chi connectivity index (χ3v) is 3.36. The minimum absolute atomic E-state index is 0.114. The molecule has 0 spiro atoms. The predicted octanol–water partition coefficient (Wildman–Crippen LogP) is 1.27. The molecule has 1 aromatic heterocycles. The van der Waals surface area contributed by atoms with E-state index in [4.69, 9.17) is 10.5 Å². The molecule has 0 unspecified atom stereocenters. The van der Waals surface area contributed by atoms with Gasteiger partial charge in [0.15, 0.2) is 0 Å². The second-order valence-electron chi connectivity index (χ2n) is 5.03. The number of ether oxygens (including phenoxy) is 1. The highest BCUT2D eigenvalue weighted by atomic mass is 16.5. The Morgan fingerprint density at radius 1 is 1.50 bits per heavy atom. The fraction of sp³-hybridized carbons (Fsp3) is 0.538. The number of amides is 1. The number of hydrogen-bond acceptors (Lipinski definition) is 4. The van der Waals surface area contributed by atoms with E-state index >= 15 is 0 Å². The smallest absolute Gasteiger partial charge is 0.253 e. The highest BCUT2D eigenvalue weighted by molar-refractivity contribution is 5.96. The van der Waals surface area contributed by atoms with Crippen molar-refractivity contribution in [3.8, 4) is 0 Å². The first-order valence-corrected chi connectivity index (χ1v) is 6.13. The van der Waals surface area contributed by atoms with E-state index in [1.54, 1.807) is 19.2 Å². The number of nitrogens with two attached hydrogens (primary N) is 1. The Labute approximate surface area is 107 Å². The first-order chi connectivity index (χ1) is 8.50. The molecular weight excluding hydrogens is 230 g/mol. The van der Waals surface area contributed by atoms with Gasteiger partial charge in [-0.15, -0.1) is 0 Å². The average molecular weight is 249 g/mol. The predicted molar refractivity (Wildman–Crippen MR) is 69.3 cm³/mol. The monoisotopic (exact) mass is 249 g/mol. The summed E-state index contributed by atoms with van der Waals surface area (Å²) in [7, 11) is 0. The second-order valence-corrected chi connectivity index (χ2v) is 5.03. The van der Waals surface area contributed by atoms with Crippen LogP contribution in [0.5, 0.6) is 0 Å². The summed E-state index contributed by atoms with van der Waals surface area (Å²) in [4.78, 5) is 16.3. The number of carbonyl (C=O) groups is 1. The standard InChI is InChI=1S/C13H19N3O2/c1-9-11(7-10(14)8-15-9)12(17)16-13(2)3-5-18-6-4-13/h7-8H,3-6,14H2,1-2H3,(H,16,17). The summed E-state index contributed by atoms with van der Waals surface area (Å²) >= 11 is 0. The maximum absolute atomic E-state index is 12.2. The highest BCUT2D eigenvalue weighted by Gasteiger charge is 2.29. The van der Waals surface area contributed by atoms with Crippen molar-refractivity contribution in [2.24, 2.45) is 0 Å². The van der Waals surface area contributed by atoms with Gasteiger partial charge < -0.3 is 15.8 Å². The molecule has 1 amide bonds. The van der Waals surface area contributed by atoms with Crippen molar-refractivity contribution in [3.63, 3.8) is 0 Å². The van der Waals surface area contributed by atoms with Crippen LogP contribution in [0.2, 0.25) is 0 Å². The topological polar surface area (TPSA) is 77.2 Å². The molecule has 0 radical (unpaired) electrons. The van der Waals surface area contributed by atoms with Crippen LogP contribution in [0.25, 0.3) is 0 Å². The molecule has 1 aliphatic rings. The third kappa shape index (κ3) is 2.79. The lowest BCUT2D eigenvalue weighted by Crippen LogP contribution is -2.49. The van der Waals surface area contributed by atoms with Crippen LogP contribution in [0.4, 0.5) is 5.69 Å². The zero-order valence-corrected chi connectivity index (χ0v) is 10.8.